The van der Waals surface area contributed by atoms with Crippen LogP contribution in [-0.2, 0) is 9.53 Å². The van der Waals surface area contributed by atoms with E-state index in [0.717, 1.165) is 18.8 Å². The Hall–Kier alpha value is -3.02. The fourth-order valence-electron chi connectivity index (χ4n) is 3.19. The molecule has 27 heavy (non-hydrogen) atoms. The molecule has 0 aliphatic carbocycles. The van der Waals surface area contributed by atoms with E-state index in [-0.39, 0.29) is 5.91 Å². The fourth-order valence-corrected chi connectivity index (χ4v) is 3.19. The van der Waals surface area contributed by atoms with Crippen molar-refractivity contribution in [1.29, 1.82) is 0 Å². The molecule has 0 unspecified atom stereocenters. The molecule has 0 spiro atoms. The number of para-hydroxylation sites is 1. The number of carbonyl (C=O) groups excluding carboxylic acids is 2. The molecule has 0 atom stereocenters. The van der Waals surface area contributed by atoms with Gasteiger partial charge in [0.1, 0.15) is 0 Å². The minimum Gasteiger partial charge on any atom is -0.465 e. The second kappa shape index (κ2) is 9.07. The van der Waals surface area contributed by atoms with Gasteiger partial charge in [-0.2, -0.15) is 0 Å². The van der Waals surface area contributed by atoms with Crippen LogP contribution in [0.2, 0.25) is 0 Å². The first-order valence-electron chi connectivity index (χ1n) is 9.23. The Morgan fingerprint density at radius 3 is 2.44 bits per heavy atom. The molecule has 2 aromatic carbocycles. The van der Waals surface area contributed by atoms with E-state index in [9.17, 15) is 9.59 Å². The van der Waals surface area contributed by atoms with Gasteiger partial charge in [-0.25, -0.2) is 4.79 Å². The van der Waals surface area contributed by atoms with Gasteiger partial charge in [0.25, 0.3) is 0 Å². The van der Waals surface area contributed by atoms with E-state index in [2.05, 4.69) is 15.5 Å². The van der Waals surface area contributed by atoms with Gasteiger partial charge in [0, 0.05) is 43.1 Å². The second-order valence-corrected chi connectivity index (χ2v) is 6.50. The summed E-state index contributed by atoms with van der Waals surface area (Å²) in [6.45, 7) is 2.63. The van der Waals surface area contributed by atoms with Crippen molar-refractivity contribution >= 4 is 28.9 Å². The Kier molecular flexibility index (Phi) is 6.30. The maximum absolute atomic E-state index is 12.2. The van der Waals surface area contributed by atoms with Crippen molar-refractivity contribution in [2.45, 2.75) is 19.3 Å². The SMILES string of the molecule is COC(=O)c1ccccc1NCCC(=O)Nc1ccc(N2CCCC2)cc1. The minimum absolute atomic E-state index is 0.0769. The molecule has 6 heteroatoms. The van der Waals surface area contributed by atoms with Gasteiger partial charge in [-0.3, -0.25) is 4.79 Å². The molecule has 6 nitrogen and oxygen atoms in total. The molecule has 0 saturated carbocycles. The highest BCUT2D eigenvalue weighted by Crippen LogP contribution is 2.22. The molecular weight excluding hydrogens is 342 g/mol. The molecule has 1 amide bonds. The lowest BCUT2D eigenvalue weighted by Gasteiger charge is -2.17. The Morgan fingerprint density at radius 2 is 1.74 bits per heavy atom. The Morgan fingerprint density at radius 1 is 1.04 bits per heavy atom. The van der Waals surface area contributed by atoms with Gasteiger partial charge in [0.15, 0.2) is 0 Å². The van der Waals surface area contributed by atoms with Crippen LogP contribution in [0.15, 0.2) is 48.5 Å². The van der Waals surface area contributed by atoms with Gasteiger partial charge in [-0.15, -0.1) is 0 Å². The van der Waals surface area contributed by atoms with E-state index in [0.29, 0.717) is 24.2 Å². The number of amides is 1. The maximum atomic E-state index is 12.2. The van der Waals surface area contributed by atoms with E-state index in [1.807, 2.05) is 30.3 Å². The summed E-state index contributed by atoms with van der Waals surface area (Å²) in [4.78, 5) is 26.3. The first-order valence-corrected chi connectivity index (χ1v) is 9.23. The molecule has 3 rings (SSSR count). The summed E-state index contributed by atoms with van der Waals surface area (Å²) < 4.78 is 4.77. The van der Waals surface area contributed by atoms with Gasteiger partial charge in [-0.1, -0.05) is 12.1 Å². The third-order valence-electron chi connectivity index (χ3n) is 4.62. The van der Waals surface area contributed by atoms with E-state index in [1.165, 1.54) is 25.6 Å². The summed E-state index contributed by atoms with van der Waals surface area (Å²) in [5.74, 6) is -0.479. The van der Waals surface area contributed by atoms with Crippen molar-refractivity contribution in [3.63, 3.8) is 0 Å². The molecule has 2 aromatic rings. The highest BCUT2D eigenvalue weighted by molar-refractivity contribution is 5.96. The molecular formula is C21H25N3O3. The number of ether oxygens (including phenoxy) is 1. The summed E-state index contributed by atoms with van der Waals surface area (Å²) in [5.41, 5.74) is 3.11. The monoisotopic (exact) mass is 367 g/mol. The highest BCUT2D eigenvalue weighted by atomic mass is 16.5. The number of hydrogen-bond acceptors (Lipinski definition) is 5. The van der Waals surface area contributed by atoms with Crippen LogP contribution >= 0.6 is 0 Å². The van der Waals surface area contributed by atoms with Gasteiger partial charge < -0.3 is 20.3 Å². The van der Waals surface area contributed by atoms with Crippen molar-refractivity contribution in [2.75, 3.05) is 42.3 Å². The van der Waals surface area contributed by atoms with Crippen LogP contribution in [0.5, 0.6) is 0 Å². The maximum Gasteiger partial charge on any atom is 0.339 e. The molecule has 1 aliphatic heterocycles. The number of benzene rings is 2. The van der Waals surface area contributed by atoms with E-state index in [4.69, 9.17) is 4.74 Å². The molecule has 142 valence electrons. The van der Waals surface area contributed by atoms with Crippen LogP contribution < -0.4 is 15.5 Å². The van der Waals surface area contributed by atoms with Crippen molar-refractivity contribution in [1.82, 2.24) is 0 Å². The predicted octanol–water partition coefficient (Wildman–Crippen LogP) is 3.51. The van der Waals surface area contributed by atoms with Gasteiger partial charge >= 0.3 is 5.97 Å². The first kappa shape index (κ1) is 18.8. The van der Waals surface area contributed by atoms with Crippen LogP contribution in [-0.4, -0.2) is 38.6 Å². The van der Waals surface area contributed by atoms with Crippen LogP contribution in [0.1, 0.15) is 29.6 Å². The van der Waals surface area contributed by atoms with Crippen molar-refractivity contribution in [3.05, 3.63) is 54.1 Å². The van der Waals surface area contributed by atoms with Crippen molar-refractivity contribution in [2.24, 2.45) is 0 Å². The Bertz CT molecular complexity index is 784. The molecule has 1 saturated heterocycles. The summed E-state index contributed by atoms with van der Waals surface area (Å²) in [6, 6.07) is 15.1. The number of methoxy groups -OCH3 is 1. The van der Waals surface area contributed by atoms with E-state index >= 15 is 0 Å². The summed E-state index contributed by atoms with van der Waals surface area (Å²) in [7, 11) is 1.35. The normalized spacial score (nSPS) is 13.3. The van der Waals surface area contributed by atoms with Crippen molar-refractivity contribution in [3.8, 4) is 0 Å². The Labute approximate surface area is 159 Å². The lowest BCUT2D eigenvalue weighted by molar-refractivity contribution is -0.115. The number of esters is 1. The third-order valence-corrected chi connectivity index (χ3v) is 4.62. The van der Waals surface area contributed by atoms with E-state index < -0.39 is 5.97 Å². The second-order valence-electron chi connectivity index (χ2n) is 6.50. The van der Waals surface area contributed by atoms with Crippen LogP contribution in [0.4, 0.5) is 17.1 Å². The average Bonchev–Trinajstić information content (AvgIpc) is 3.23. The lowest BCUT2D eigenvalue weighted by atomic mass is 10.1. The first-order chi connectivity index (χ1) is 13.2. The highest BCUT2D eigenvalue weighted by Gasteiger charge is 2.13. The molecule has 0 radical (unpaired) electrons. The average molecular weight is 367 g/mol. The number of carbonyl (C=O) groups is 2. The minimum atomic E-state index is -0.402. The summed E-state index contributed by atoms with van der Waals surface area (Å²) in [5, 5.41) is 6.03. The van der Waals surface area contributed by atoms with Crippen LogP contribution in [0.3, 0.4) is 0 Å². The smallest absolute Gasteiger partial charge is 0.339 e. The third kappa shape index (κ3) is 5.00. The predicted molar refractivity (Wildman–Crippen MR) is 107 cm³/mol. The van der Waals surface area contributed by atoms with Gasteiger partial charge in [0.2, 0.25) is 5.91 Å². The van der Waals surface area contributed by atoms with E-state index in [1.54, 1.807) is 18.2 Å². The Balaban J connectivity index is 1.48. The zero-order valence-corrected chi connectivity index (χ0v) is 15.5. The largest absolute Gasteiger partial charge is 0.465 e. The standard InChI is InChI=1S/C21H25N3O3/c1-27-21(26)18-6-2-3-7-19(18)22-13-12-20(25)23-16-8-10-17(11-9-16)24-14-4-5-15-24/h2-3,6-11,22H,4-5,12-15H2,1H3,(H,23,25). The quantitative estimate of drug-likeness (QED) is 0.733. The fraction of sp³-hybridized carbons (Fsp3) is 0.333. The molecule has 1 fully saturated rings. The van der Waals surface area contributed by atoms with Gasteiger partial charge in [-0.05, 0) is 49.2 Å². The van der Waals surface area contributed by atoms with Gasteiger partial charge in [0.05, 0.1) is 12.7 Å². The zero-order valence-electron chi connectivity index (χ0n) is 15.5. The zero-order chi connectivity index (χ0) is 19.1. The molecule has 2 N–H and O–H groups in total. The van der Waals surface area contributed by atoms with Crippen LogP contribution in [0.25, 0.3) is 0 Å². The summed E-state index contributed by atoms with van der Waals surface area (Å²) >= 11 is 0. The molecule has 1 heterocycles. The topological polar surface area (TPSA) is 70.7 Å². The number of anilines is 3. The molecule has 1 aliphatic rings. The lowest BCUT2D eigenvalue weighted by Crippen LogP contribution is -2.18. The number of hydrogen-bond donors (Lipinski definition) is 2. The van der Waals surface area contributed by atoms with Crippen molar-refractivity contribution < 1.29 is 14.3 Å². The number of nitrogens with zero attached hydrogens (tertiary/aromatic N) is 1. The molecule has 0 bridgehead atoms. The number of nitrogens with one attached hydrogen (secondary N) is 2. The van der Waals surface area contributed by atoms with Crippen LogP contribution in [0, 0.1) is 0 Å². The molecule has 0 aromatic heterocycles. The summed E-state index contributed by atoms with van der Waals surface area (Å²) in [6.07, 6.45) is 2.78. The number of rotatable bonds is 7.